The molecular formula is C18H13F4N5O2. The molecule has 29 heavy (non-hydrogen) atoms. The van der Waals surface area contributed by atoms with E-state index < -0.39 is 59.0 Å². The van der Waals surface area contributed by atoms with Crippen LogP contribution in [0.25, 0.3) is 10.4 Å². The second kappa shape index (κ2) is 8.19. The zero-order chi connectivity index (χ0) is 21.1. The Labute approximate surface area is 161 Å². The summed E-state index contributed by atoms with van der Waals surface area (Å²) in [7, 11) is 0. The number of rotatable bonds is 5. The van der Waals surface area contributed by atoms with Crippen LogP contribution in [0.4, 0.5) is 28.0 Å². The fraction of sp³-hybridized carbons (Fsp3) is 0.222. The molecule has 0 aromatic heterocycles. The van der Waals surface area contributed by atoms with E-state index in [0.29, 0.717) is 6.42 Å². The largest absolute Gasteiger partial charge is 0.333 e. The smallest absolute Gasteiger partial charge is 0.324 e. The Kier molecular flexibility index (Phi) is 5.69. The molecule has 0 radical (unpaired) electrons. The Balaban J connectivity index is 1.73. The van der Waals surface area contributed by atoms with Crippen molar-refractivity contribution < 1.29 is 27.2 Å². The zero-order valence-electron chi connectivity index (χ0n) is 14.7. The Morgan fingerprint density at radius 2 is 1.76 bits per heavy atom. The number of likely N-dealkylation sites (tertiary alicyclic amines) is 1. The number of benzene rings is 2. The van der Waals surface area contributed by atoms with Gasteiger partial charge in [-0.25, -0.2) is 22.4 Å². The van der Waals surface area contributed by atoms with Gasteiger partial charge in [0.15, 0.2) is 23.3 Å². The Hall–Kier alpha value is -3.59. The summed E-state index contributed by atoms with van der Waals surface area (Å²) in [5.74, 6) is -7.86. The predicted molar refractivity (Wildman–Crippen MR) is 92.7 cm³/mol. The van der Waals surface area contributed by atoms with Gasteiger partial charge >= 0.3 is 6.03 Å². The van der Waals surface area contributed by atoms with E-state index >= 15 is 0 Å². The molecule has 1 heterocycles. The molecule has 0 unspecified atom stereocenters. The van der Waals surface area contributed by atoms with Crippen LogP contribution in [0.15, 0.2) is 35.4 Å². The highest BCUT2D eigenvalue weighted by Crippen LogP contribution is 2.30. The Morgan fingerprint density at radius 3 is 2.31 bits per heavy atom. The maximum atomic E-state index is 14.0. The van der Waals surface area contributed by atoms with Gasteiger partial charge in [0.1, 0.15) is 5.69 Å². The molecule has 1 N–H and O–H groups in total. The molecule has 0 bridgehead atoms. The molecule has 1 saturated heterocycles. The lowest BCUT2D eigenvalue weighted by Crippen LogP contribution is -2.59. The number of nitrogens with one attached hydrogen (secondary N) is 1. The number of hydrogen-bond acceptors (Lipinski definition) is 3. The Morgan fingerprint density at radius 1 is 1.14 bits per heavy atom. The molecule has 0 saturated carbocycles. The highest BCUT2D eigenvalue weighted by Gasteiger charge is 2.40. The second-order valence-electron chi connectivity index (χ2n) is 6.24. The summed E-state index contributed by atoms with van der Waals surface area (Å²) >= 11 is 0. The number of carbonyl (C=O) groups excluding carboxylic acids is 2. The van der Waals surface area contributed by atoms with Crippen molar-refractivity contribution in [1.82, 2.24) is 10.2 Å². The number of β-lactam (4-membered cyclic amide) rings is 1. The van der Waals surface area contributed by atoms with Crippen LogP contribution in [-0.2, 0) is 17.8 Å². The zero-order valence-corrected chi connectivity index (χ0v) is 14.7. The van der Waals surface area contributed by atoms with E-state index in [-0.39, 0.29) is 6.42 Å². The molecular weight excluding hydrogens is 394 g/mol. The van der Waals surface area contributed by atoms with Crippen LogP contribution in [0.2, 0.25) is 0 Å². The van der Waals surface area contributed by atoms with Crippen molar-refractivity contribution in [3.63, 3.8) is 0 Å². The molecule has 1 aliphatic rings. The average molecular weight is 407 g/mol. The number of azide groups is 1. The normalized spacial score (nSPS) is 15.5. The SMILES string of the molecule is [N-]=[N+]=Nc1c(F)c(F)c(CNC(=O)N2C(=O)C[C@@H]2Cc2ccccc2)c(F)c1F. The number of hydrogen-bond donors (Lipinski definition) is 1. The molecule has 150 valence electrons. The summed E-state index contributed by atoms with van der Waals surface area (Å²) in [6.45, 7) is -0.914. The maximum absolute atomic E-state index is 14.0. The van der Waals surface area contributed by atoms with Crippen molar-refractivity contribution in [2.45, 2.75) is 25.4 Å². The van der Waals surface area contributed by atoms with Gasteiger partial charge in [-0.15, -0.1) is 0 Å². The summed E-state index contributed by atoms with van der Waals surface area (Å²) in [6, 6.07) is 7.67. The van der Waals surface area contributed by atoms with Gasteiger partial charge in [0.05, 0.1) is 12.6 Å². The summed E-state index contributed by atoms with van der Waals surface area (Å²) in [5, 5.41) is 4.67. The fourth-order valence-electron chi connectivity index (χ4n) is 3.01. The maximum Gasteiger partial charge on any atom is 0.324 e. The summed E-state index contributed by atoms with van der Waals surface area (Å²) in [6.07, 6.45) is 0.516. The van der Waals surface area contributed by atoms with Crippen LogP contribution in [-0.4, -0.2) is 22.9 Å². The monoisotopic (exact) mass is 407 g/mol. The number of amides is 3. The van der Waals surface area contributed by atoms with Gasteiger partial charge in [0, 0.05) is 16.9 Å². The first-order valence-electron chi connectivity index (χ1n) is 8.38. The molecule has 0 spiro atoms. The summed E-state index contributed by atoms with van der Waals surface area (Å²) in [5.41, 5.74) is 6.57. The van der Waals surface area contributed by atoms with Crippen LogP contribution >= 0.6 is 0 Å². The molecule has 1 fully saturated rings. The standard InChI is InChI=1S/C18H13F4N5O2/c19-13-11(14(20)16(22)17(15(13)21)25-26-23)8-24-18(29)27-10(7-12(27)28)6-9-4-2-1-3-5-9/h1-5,10H,6-8H2,(H,24,29)/t10-/m0/s1. The molecule has 3 amide bonds. The highest BCUT2D eigenvalue weighted by molar-refractivity contribution is 5.99. The van der Waals surface area contributed by atoms with Crippen molar-refractivity contribution in [2.24, 2.45) is 5.11 Å². The van der Waals surface area contributed by atoms with Crippen LogP contribution in [0.3, 0.4) is 0 Å². The van der Waals surface area contributed by atoms with E-state index in [0.717, 1.165) is 10.5 Å². The third-order valence-electron chi connectivity index (χ3n) is 4.47. The van der Waals surface area contributed by atoms with Crippen molar-refractivity contribution in [3.05, 3.63) is 75.2 Å². The minimum Gasteiger partial charge on any atom is -0.333 e. The van der Waals surface area contributed by atoms with Gasteiger partial charge in [-0.05, 0) is 17.5 Å². The quantitative estimate of drug-likeness (QED) is 0.200. The molecule has 11 heteroatoms. The number of nitrogens with zero attached hydrogens (tertiary/aromatic N) is 4. The van der Waals surface area contributed by atoms with E-state index in [1.807, 2.05) is 18.2 Å². The minimum atomic E-state index is -1.88. The number of imide groups is 1. The topological polar surface area (TPSA) is 98.2 Å². The fourth-order valence-corrected chi connectivity index (χ4v) is 3.01. The number of urea groups is 1. The van der Waals surface area contributed by atoms with E-state index in [2.05, 4.69) is 15.3 Å². The first kappa shape index (κ1) is 20.2. The van der Waals surface area contributed by atoms with Crippen LogP contribution < -0.4 is 5.32 Å². The first-order valence-corrected chi connectivity index (χ1v) is 8.38. The summed E-state index contributed by atoms with van der Waals surface area (Å²) < 4.78 is 55.6. The van der Waals surface area contributed by atoms with E-state index in [1.165, 1.54) is 0 Å². The van der Waals surface area contributed by atoms with Crippen molar-refractivity contribution in [3.8, 4) is 0 Å². The average Bonchev–Trinajstić information content (AvgIpc) is 2.70. The Bertz CT molecular complexity index is 996. The minimum absolute atomic E-state index is 0.120. The predicted octanol–water partition coefficient (Wildman–Crippen LogP) is 4.24. The third-order valence-corrected chi connectivity index (χ3v) is 4.47. The molecule has 3 rings (SSSR count). The van der Waals surface area contributed by atoms with Gasteiger partial charge in [-0.2, -0.15) is 0 Å². The van der Waals surface area contributed by atoms with Crippen molar-refractivity contribution >= 4 is 17.6 Å². The molecule has 7 nitrogen and oxygen atoms in total. The van der Waals surface area contributed by atoms with Crippen LogP contribution in [0.1, 0.15) is 17.5 Å². The molecule has 2 aromatic carbocycles. The van der Waals surface area contributed by atoms with Crippen LogP contribution in [0.5, 0.6) is 0 Å². The second-order valence-corrected chi connectivity index (χ2v) is 6.24. The van der Waals surface area contributed by atoms with Crippen molar-refractivity contribution in [2.75, 3.05) is 0 Å². The van der Waals surface area contributed by atoms with Crippen molar-refractivity contribution in [1.29, 1.82) is 0 Å². The molecule has 0 aliphatic carbocycles. The molecule has 1 aliphatic heterocycles. The van der Waals surface area contributed by atoms with E-state index in [4.69, 9.17) is 5.53 Å². The number of halogens is 4. The van der Waals surface area contributed by atoms with E-state index in [9.17, 15) is 27.2 Å². The first-order chi connectivity index (χ1) is 13.8. The van der Waals surface area contributed by atoms with Gasteiger partial charge in [0.2, 0.25) is 5.91 Å². The van der Waals surface area contributed by atoms with Gasteiger partial charge in [-0.1, -0.05) is 35.4 Å². The van der Waals surface area contributed by atoms with E-state index in [1.54, 1.807) is 12.1 Å². The molecule has 2 aromatic rings. The third kappa shape index (κ3) is 3.85. The highest BCUT2D eigenvalue weighted by atomic mass is 19.2. The lowest BCUT2D eigenvalue weighted by molar-refractivity contribution is -0.140. The van der Waals surface area contributed by atoms with Gasteiger partial charge < -0.3 is 5.32 Å². The van der Waals surface area contributed by atoms with Gasteiger partial charge in [-0.3, -0.25) is 9.69 Å². The lowest BCUT2D eigenvalue weighted by Gasteiger charge is -2.38. The summed E-state index contributed by atoms with van der Waals surface area (Å²) in [4.78, 5) is 27.1. The van der Waals surface area contributed by atoms with Gasteiger partial charge in [0.25, 0.3) is 0 Å². The van der Waals surface area contributed by atoms with Crippen LogP contribution in [0, 0.1) is 23.3 Å². The number of carbonyl (C=O) groups is 2. The lowest BCUT2D eigenvalue weighted by atomic mass is 9.95. The molecule has 1 atom stereocenters.